The van der Waals surface area contributed by atoms with Crippen molar-refractivity contribution in [3.63, 3.8) is 0 Å². The molecule has 0 spiro atoms. The van der Waals surface area contributed by atoms with E-state index in [1.165, 1.54) is 32.2 Å². The van der Waals surface area contributed by atoms with Crippen LogP contribution in [0.25, 0.3) is 0 Å². The second-order valence-corrected chi connectivity index (χ2v) is 25.6. The molecule has 9 N–H and O–H groups in total. The van der Waals surface area contributed by atoms with E-state index in [1.807, 2.05) is 32.0 Å². The molecule has 0 bridgehead atoms. The molecule has 0 radical (unpaired) electrons. The number of nitrogens with two attached hydrogens (primary N) is 1. The Morgan fingerprint density at radius 1 is 0.747 bits per heavy atom. The first-order valence-corrected chi connectivity index (χ1v) is 33.1. The van der Waals surface area contributed by atoms with Gasteiger partial charge in [0.2, 0.25) is 47.3 Å². The number of primary amides is 1. The summed E-state index contributed by atoms with van der Waals surface area (Å²) < 4.78 is 28.7. The van der Waals surface area contributed by atoms with Crippen LogP contribution >= 0.6 is 0 Å². The van der Waals surface area contributed by atoms with Gasteiger partial charge in [-0.15, -0.1) is 0 Å². The number of amides is 11. The molecule has 27 nitrogen and oxygen atoms in total. The van der Waals surface area contributed by atoms with Crippen LogP contribution in [0.4, 0.5) is 15.3 Å². The van der Waals surface area contributed by atoms with Crippen LogP contribution in [0.2, 0.25) is 0 Å². The Kier molecular flexibility index (Phi) is 33.5. The van der Waals surface area contributed by atoms with Crippen molar-refractivity contribution in [1.82, 2.24) is 46.2 Å². The number of rotatable bonds is 40. The third-order valence-corrected chi connectivity index (χ3v) is 17.5. The van der Waals surface area contributed by atoms with E-state index < -0.39 is 126 Å². The van der Waals surface area contributed by atoms with Crippen molar-refractivity contribution in [1.29, 1.82) is 0 Å². The Balaban J connectivity index is 1.36. The van der Waals surface area contributed by atoms with Gasteiger partial charge in [-0.3, -0.25) is 43.3 Å². The van der Waals surface area contributed by atoms with Gasteiger partial charge in [0, 0.05) is 66.3 Å². The van der Waals surface area contributed by atoms with Gasteiger partial charge in [0.05, 0.1) is 68.6 Å². The summed E-state index contributed by atoms with van der Waals surface area (Å²) in [6.07, 6.45) is 2.19. The lowest BCUT2D eigenvalue weighted by Crippen LogP contribution is -2.60. The van der Waals surface area contributed by atoms with Crippen molar-refractivity contribution in [3.05, 3.63) is 77.9 Å². The number of likely N-dealkylation sites (N-methyl/N-ethyl adjacent to an activating group) is 2. The number of carbonyl (C=O) groups is 10. The Hall–Kier alpha value is -7.72. The topological polar surface area (TPSA) is 348 Å². The van der Waals surface area contributed by atoms with Gasteiger partial charge in [0.25, 0.3) is 0 Å². The van der Waals surface area contributed by atoms with Gasteiger partial charge in [-0.2, -0.15) is 0 Å². The molecule has 1 saturated heterocycles. The molecule has 2 aliphatic heterocycles. The van der Waals surface area contributed by atoms with Crippen LogP contribution in [0.5, 0.6) is 0 Å². The summed E-state index contributed by atoms with van der Waals surface area (Å²) in [5.41, 5.74) is 6.77. The highest BCUT2D eigenvalue weighted by Crippen LogP contribution is 2.31. The van der Waals surface area contributed by atoms with Crippen LogP contribution in [0.1, 0.15) is 125 Å². The number of ether oxygens (including phenoxy) is 5. The van der Waals surface area contributed by atoms with Gasteiger partial charge in [-0.25, -0.2) is 9.59 Å². The molecule has 2 aromatic carbocycles. The Labute approximate surface area is 560 Å². The zero-order valence-corrected chi connectivity index (χ0v) is 58.1. The summed E-state index contributed by atoms with van der Waals surface area (Å²) in [7, 11) is 6.08. The highest BCUT2D eigenvalue weighted by molar-refractivity contribution is 5.98. The zero-order chi connectivity index (χ0) is 70.6. The van der Waals surface area contributed by atoms with Crippen molar-refractivity contribution in [2.24, 2.45) is 35.3 Å². The molecule has 27 heteroatoms. The fourth-order valence-corrected chi connectivity index (χ4v) is 11.9. The number of nitrogens with zero attached hydrogens (tertiary/aromatic N) is 4. The number of likely N-dealkylation sites (tertiary alicyclic amines) is 1. The maximum absolute atomic E-state index is 14.8. The number of carbonyl (C=O) groups excluding carboxylic acids is 10. The SMILES string of the molecule is CC[C@H](C)[C@@H]([C@@H](CC(=O)N1CCC[C@H]1C(OC)[C@@H](C)C(=O)N[C@H](C)[C@@H](O)c1ccccc1)OC)N(C)C(=O)[C@@H](NC(=O)[C@H](C(C)C)N(C)C(=O)OCc1ccc(NC(=O)[C@H](CCCNC(N)=O)NC(=O)[C@@H](NC(=O)COCCOCCN2CC=CC2=O)C(C)C)cc1)C(C)C. The molecule has 11 amide bonds. The first kappa shape index (κ1) is 79.7. The molecule has 95 heavy (non-hydrogen) atoms. The van der Waals surface area contributed by atoms with Crippen LogP contribution < -0.4 is 37.6 Å². The third kappa shape index (κ3) is 24.5. The molecule has 0 saturated carbocycles. The van der Waals surface area contributed by atoms with Crippen LogP contribution in [-0.2, 0) is 68.6 Å². The van der Waals surface area contributed by atoms with E-state index in [1.54, 1.807) is 120 Å². The molecule has 530 valence electrons. The summed E-state index contributed by atoms with van der Waals surface area (Å²) in [6.45, 7) is 19.5. The second kappa shape index (κ2) is 40.0. The van der Waals surface area contributed by atoms with Crippen molar-refractivity contribution >= 4 is 65.1 Å². The second-order valence-electron chi connectivity index (χ2n) is 25.6. The normalized spacial score (nSPS) is 17.3. The molecule has 0 aromatic heterocycles. The predicted molar refractivity (Wildman–Crippen MR) is 356 cm³/mol. The average Bonchev–Trinajstić information content (AvgIpc) is 1.80. The summed E-state index contributed by atoms with van der Waals surface area (Å²) in [4.78, 5) is 141. The molecular formula is C68H107N11O16. The number of hydrogen-bond acceptors (Lipinski definition) is 16. The van der Waals surface area contributed by atoms with Crippen molar-refractivity contribution < 1.29 is 76.7 Å². The lowest BCUT2D eigenvalue weighted by Gasteiger charge is -2.41. The number of urea groups is 1. The first-order valence-electron chi connectivity index (χ1n) is 33.1. The number of hydrogen-bond donors (Lipinski definition) is 8. The fourth-order valence-electron chi connectivity index (χ4n) is 11.9. The van der Waals surface area contributed by atoms with Crippen LogP contribution in [0.15, 0.2) is 66.7 Å². The van der Waals surface area contributed by atoms with Gasteiger partial charge in [0.1, 0.15) is 37.4 Å². The number of aliphatic hydroxyl groups excluding tert-OH is 1. The van der Waals surface area contributed by atoms with E-state index in [-0.39, 0.29) is 75.9 Å². The first-order chi connectivity index (χ1) is 45.1. The van der Waals surface area contributed by atoms with Crippen molar-refractivity contribution in [2.75, 3.05) is 86.2 Å². The molecule has 12 atom stereocenters. The molecule has 0 aliphatic carbocycles. The zero-order valence-electron chi connectivity index (χ0n) is 58.1. The van der Waals surface area contributed by atoms with E-state index in [0.29, 0.717) is 62.3 Å². The van der Waals surface area contributed by atoms with Gasteiger partial charge in [-0.05, 0) is 79.5 Å². The number of aliphatic hydroxyl groups is 1. The van der Waals surface area contributed by atoms with E-state index >= 15 is 0 Å². The van der Waals surface area contributed by atoms with Gasteiger partial charge >= 0.3 is 12.1 Å². The standard InChI is InChI=1S/C68H107N11O16/c1-15-44(8)59(52(91-13)38-55(82)79-33-20-25-51(79)61(92-14)45(9)62(84)71-46(10)60(83)48-22-17-16-18-23-48)76(11)66(88)57(42(4)5)75-65(87)58(43(6)7)77(12)68(90)95-39-47-27-29-49(30-28-47)72-63(85)50(24-19-31-70-67(69)89)73-64(86)56(41(2)3)74-53(80)40-94-37-36-93-35-34-78-32-21-26-54(78)81/h16-18,21-23,26-30,41-46,50-52,56-61,83H,15,19-20,24-25,31-40H2,1-14H3,(H,71,84)(H,72,85)(H,73,86)(H,74,80)(H,75,87)(H3,69,70,89)/t44-,45+,46+,50-,51-,52+,56-,57-,58-,59-,60+,61?/m0/s1. The molecule has 2 heterocycles. The monoisotopic (exact) mass is 1330 g/mol. The summed E-state index contributed by atoms with van der Waals surface area (Å²) >= 11 is 0. The molecule has 1 unspecified atom stereocenters. The average molecular weight is 1330 g/mol. The minimum atomic E-state index is -1.12. The number of methoxy groups -OCH3 is 2. The van der Waals surface area contributed by atoms with Crippen LogP contribution in [0, 0.1) is 29.6 Å². The quantitative estimate of drug-likeness (QED) is 0.0437. The van der Waals surface area contributed by atoms with Crippen molar-refractivity contribution in [2.45, 2.75) is 175 Å². The molecule has 4 rings (SSSR count). The predicted octanol–water partition coefficient (Wildman–Crippen LogP) is 4.02. The van der Waals surface area contributed by atoms with Crippen LogP contribution in [0.3, 0.4) is 0 Å². The Morgan fingerprint density at radius 2 is 1.41 bits per heavy atom. The van der Waals surface area contributed by atoms with E-state index in [0.717, 1.165) is 0 Å². The van der Waals surface area contributed by atoms with E-state index in [4.69, 9.17) is 29.4 Å². The maximum atomic E-state index is 14.8. The highest BCUT2D eigenvalue weighted by Gasteiger charge is 2.44. The molecular weight excluding hydrogens is 1230 g/mol. The lowest BCUT2D eigenvalue weighted by atomic mass is 9.89. The molecule has 1 fully saturated rings. The maximum Gasteiger partial charge on any atom is 0.410 e. The molecule has 2 aromatic rings. The summed E-state index contributed by atoms with van der Waals surface area (Å²) in [5.74, 6) is -5.58. The summed E-state index contributed by atoms with van der Waals surface area (Å²) in [5, 5.41) is 27.5. The van der Waals surface area contributed by atoms with E-state index in [2.05, 4.69) is 31.9 Å². The summed E-state index contributed by atoms with van der Waals surface area (Å²) in [6, 6.07) is 8.69. The Bertz CT molecular complexity index is 2850. The third-order valence-electron chi connectivity index (χ3n) is 17.5. The van der Waals surface area contributed by atoms with E-state index in [9.17, 15) is 53.1 Å². The minimum absolute atomic E-state index is 0.0769. The number of anilines is 1. The van der Waals surface area contributed by atoms with Gasteiger partial charge < -0.3 is 81.1 Å². The smallest absolute Gasteiger partial charge is 0.410 e. The lowest BCUT2D eigenvalue weighted by molar-refractivity contribution is -0.148. The molecule has 2 aliphatic rings. The van der Waals surface area contributed by atoms with Gasteiger partial charge in [-0.1, -0.05) is 117 Å². The van der Waals surface area contributed by atoms with Crippen molar-refractivity contribution in [3.8, 4) is 0 Å². The van der Waals surface area contributed by atoms with Crippen LogP contribution in [-0.4, -0.2) is 220 Å². The Morgan fingerprint density at radius 3 is 2.00 bits per heavy atom. The van der Waals surface area contributed by atoms with Gasteiger partial charge in [0.15, 0.2) is 0 Å². The highest BCUT2D eigenvalue weighted by atomic mass is 16.6. The number of benzene rings is 2. The largest absolute Gasteiger partial charge is 0.445 e. The number of nitrogens with one attached hydrogen (secondary N) is 6. The fraction of sp³-hybridized carbons (Fsp3) is 0.647. The minimum Gasteiger partial charge on any atom is -0.445 e.